The van der Waals surface area contributed by atoms with E-state index in [9.17, 15) is 4.79 Å². The summed E-state index contributed by atoms with van der Waals surface area (Å²) in [5, 5.41) is 8.62. The van der Waals surface area contributed by atoms with Gasteiger partial charge in [0.15, 0.2) is 0 Å². The SMILES string of the molecule is Cc1cc(-c2cnc(C(=O)O)nc2)sn1. The van der Waals surface area contributed by atoms with Crippen molar-refractivity contribution in [2.24, 2.45) is 0 Å². The first-order valence-corrected chi connectivity index (χ1v) is 4.93. The average molecular weight is 221 g/mol. The van der Waals surface area contributed by atoms with Crippen molar-refractivity contribution in [1.29, 1.82) is 0 Å². The summed E-state index contributed by atoms with van der Waals surface area (Å²) in [6.45, 7) is 1.90. The van der Waals surface area contributed by atoms with Crippen LogP contribution < -0.4 is 0 Å². The van der Waals surface area contributed by atoms with E-state index in [1.54, 1.807) is 0 Å². The van der Waals surface area contributed by atoms with Gasteiger partial charge in [-0.2, -0.15) is 4.37 Å². The Balaban J connectivity index is 2.35. The van der Waals surface area contributed by atoms with E-state index in [0.717, 1.165) is 16.1 Å². The molecule has 0 aliphatic rings. The summed E-state index contributed by atoms with van der Waals surface area (Å²) in [5.74, 6) is -1.32. The molecule has 1 N–H and O–H groups in total. The fourth-order valence-electron chi connectivity index (χ4n) is 1.07. The average Bonchev–Trinajstić information content (AvgIpc) is 2.65. The van der Waals surface area contributed by atoms with Gasteiger partial charge < -0.3 is 5.11 Å². The second-order valence-electron chi connectivity index (χ2n) is 2.93. The largest absolute Gasteiger partial charge is 0.475 e. The quantitative estimate of drug-likeness (QED) is 0.833. The summed E-state index contributed by atoms with van der Waals surface area (Å²) in [6.07, 6.45) is 2.98. The van der Waals surface area contributed by atoms with Crippen molar-refractivity contribution < 1.29 is 9.90 Å². The number of hydrogen-bond acceptors (Lipinski definition) is 5. The van der Waals surface area contributed by atoms with Crippen LogP contribution in [0.1, 0.15) is 16.3 Å². The predicted molar refractivity (Wildman–Crippen MR) is 54.8 cm³/mol. The molecule has 0 fully saturated rings. The van der Waals surface area contributed by atoms with E-state index in [1.807, 2.05) is 13.0 Å². The van der Waals surface area contributed by atoms with Gasteiger partial charge in [-0.25, -0.2) is 14.8 Å². The molecule has 0 unspecified atom stereocenters. The number of aromatic carboxylic acids is 1. The van der Waals surface area contributed by atoms with Crippen molar-refractivity contribution >= 4 is 17.5 Å². The molecular formula is C9H7N3O2S. The highest BCUT2D eigenvalue weighted by molar-refractivity contribution is 7.09. The van der Waals surface area contributed by atoms with Gasteiger partial charge in [-0.15, -0.1) is 0 Å². The smallest absolute Gasteiger partial charge is 0.373 e. The number of nitrogens with zero attached hydrogens (tertiary/aromatic N) is 3. The molecule has 2 aromatic rings. The van der Waals surface area contributed by atoms with Crippen LogP contribution in [0.5, 0.6) is 0 Å². The van der Waals surface area contributed by atoms with Crippen LogP contribution in [0.25, 0.3) is 10.4 Å². The highest BCUT2D eigenvalue weighted by Gasteiger charge is 2.07. The summed E-state index contributed by atoms with van der Waals surface area (Å²) < 4.78 is 4.12. The topological polar surface area (TPSA) is 76.0 Å². The first kappa shape index (κ1) is 9.72. The summed E-state index contributed by atoms with van der Waals surface area (Å²) in [7, 11) is 0. The molecule has 0 amide bonds. The maximum atomic E-state index is 10.5. The number of carboxylic acids is 1. The molecule has 0 saturated heterocycles. The molecule has 0 spiro atoms. The Hall–Kier alpha value is -1.82. The fraction of sp³-hybridized carbons (Fsp3) is 0.111. The van der Waals surface area contributed by atoms with Gasteiger partial charge in [-0.3, -0.25) is 0 Å². The molecule has 0 atom stereocenters. The lowest BCUT2D eigenvalue weighted by molar-refractivity contribution is 0.0683. The van der Waals surface area contributed by atoms with Crippen LogP contribution in [0.3, 0.4) is 0 Å². The van der Waals surface area contributed by atoms with Gasteiger partial charge in [-0.05, 0) is 24.5 Å². The van der Waals surface area contributed by atoms with Gasteiger partial charge in [0.05, 0.1) is 10.6 Å². The molecule has 5 nitrogen and oxygen atoms in total. The zero-order chi connectivity index (χ0) is 10.8. The van der Waals surface area contributed by atoms with E-state index in [1.165, 1.54) is 23.9 Å². The van der Waals surface area contributed by atoms with Crippen LogP contribution >= 0.6 is 11.5 Å². The molecule has 15 heavy (non-hydrogen) atoms. The normalized spacial score (nSPS) is 10.2. The summed E-state index contributed by atoms with van der Waals surface area (Å²) in [5.41, 5.74) is 1.71. The standard InChI is InChI=1S/C9H7N3O2S/c1-5-2-7(15-12-5)6-3-10-8(9(13)14)11-4-6/h2-4H,1H3,(H,13,14). The summed E-state index contributed by atoms with van der Waals surface area (Å²) in [6, 6.07) is 1.91. The third-order valence-corrected chi connectivity index (χ3v) is 2.69. The van der Waals surface area contributed by atoms with Crippen LogP contribution in [0.4, 0.5) is 0 Å². The Bertz CT molecular complexity index is 492. The minimum atomic E-state index is -1.12. The van der Waals surface area contributed by atoms with Crippen molar-refractivity contribution in [2.45, 2.75) is 6.92 Å². The fourth-order valence-corrected chi connectivity index (χ4v) is 1.79. The van der Waals surface area contributed by atoms with Crippen LogP contribution in [0, 0.1) is 6.92 Å². The van der Waals surface area contributed by atoms with Gasteiger partial charge in [0.25, 0.3) is 0 Å². The number of aromatic nitrogens is 3. The number of aryl methyl sites for hydroxylation is 1. The first-order chi connectivity index (χ1) is 7.16. The van der Waals surface area contributed by atoms with E-state index in [0.29, 0.717) is 0 Å². The summed E-state index contributed by atoms with van der Waals surface area (Å²) in [4.78, 5) is 18.9. The van der Waals surface area contributed by atoms with Crippen molar-refractivity contribution in [2.75, 3.05) is 0 Å². The van der Waals surface area contributed by atoms with Crippen LogP contribution in [-0.2, 0) is 0 Å². The maximum Gasteiger partial charge on any atom is 0.373 e. The van der Waals surface area contributed by atoms with Gasteiger partial charge in [0.1, 0.15) is 0 Å². The third-order valence-electron chi connectivity index (χ3n) is 1.76. The van der Waals surface area contributed by atoms with E-state index < -0.39 is 5.97 Å². The van der Waals surface area contributed by atoms with Crippen molar-refractivity contribution in [1.82, 2.24) is 14.3 Å². The maximum absolute atomic E-state index is 10.5. The van der Waals surface area contributed by atoms with Gasteiger partial charge in [-0.1, -0.05) is 0 Å². The Morgan fingerprint density at radius 3 is 2.53 bits per heavy atom. The second-order valence-corrected chi connectivity index (χ2v) is 3.74. The minimum Gasteiger partial charge on any atom is -0.475 e. The molecule has 0 bridgehead atoms. The molecule has 0 radical (unpaired) electrons. The lowest BCUT2D eigenvalue weighted by Gasteiger charge is -1.95. The molecule has 0 saturated carbocycles. The number of carboxylic acid groups (broad SMARTS) is 1. The molecular weight excluding hydrogens is 214 g/mol. The van der Waals surface area contributed by atoms with E-state index in [4.69, 9.17) is 5.11 Å². The molecule has 2 heterocycles. The van der Waals surface area contributed by atoms with E-state index in [-0.39, 0.29) is 5.82 Å². The van der Waals surface area contributed by atoms with Crippen molar-refractivity contribution in [3.8, 4) is 10.4 Å². The highest BCUT2D eigenvalue weighted by atomic mass is 32.1. The highest BCUT2D eigenvalue weighted by Crippen LogP contribution is 2.22. The van der Waals surface area contributed by atoms with Crippen LogP contribution in [0.2, 0.25) is 0 Å². The van der Waals surface area contributed by atoms with Crippen molar-refractivity contribution in [3.63, 3.8) is 0 Å². The number of carbonyl (C=O) groups is 1. The third kappa shape index (κ3) is 1.99. The first-order valence-electron chi connectivity index (χ1n) is 4.16. The molecule has 0 aromatic carbocycles. The van der Waals surface area contributed by atoms with Crippen LogP contribution in [0.15, 0.2) is 18.5 Å². The Morgan fingerprint density at radius 2 is 2.07 bits per heavy atom. The molecule has 0 aliphatic carbocycles. The van der Waals surface area contributed by atoms with Gasteiger partial charge >= 0.3 is 5.97 Å². The Morgan fingerprint density at radius 1 is 1.40 bits per heavy atom. The zero-order valence-electron chi connectivity index (χ0n) is 7.84. The molecule has 0 aliphatic heterocycles. The number of hydrogen-bond donors (Lipinski definition) is 1. The Kier molecular flexibility index (Phi) is 2.42. The zero-order valence-corrected chi connectivity index (χ0v) is 8.65. The van der Waals surface area contributed by atoms with E-state index >= 15 is 0 Å². The lowest BCUT2D eigenvalue weighted by atomic mass is 10.2. The Labute approximate surface area is 89.6 Å². The predicted octanol–water partition coefficient (Wildman–Crippen LogP) is 1.61. The van der Waals surface area contributed by atoms with Crippen molar-refractivity contribution in [3.05, 3.63) is 30.0 Å². The molecule has 2 rings (SSSR count). The lowest BCUT2D eigenvalue weighted by Crippen LogP contribution is -2.02. The monoisotopic (exact) mass is 221 g/mol. The minimum absolute atomic E-state index is 0.194. The number of rotatable bonds is 2. The molecule has 2 aromatic heterocycles. The van der Waals surface area contributed by atoms with Gasteiger partial charge in [0, 0.05) is 18.0 Å². The molecule has 76 valence electrons. The van der Waals surface area contributed by atoms with Crippen LogP contribution in [-0.4, -0.2) is 25.4 Å². The second kappa shape index (κ2) is 3.74. The summed E-state index contributed by atoms with van der Waals surface area (Å²) >= 11 is 1.34. The van der Waals surface area contributed by atoms with Gasteiger partial charge in [0.2, 0.25) is 5.82 Å². The van der Waals surface area contributed by atoms with E-state index in [2.05, 4.69) is 14.3 Å². The molecule has 6 heteroatoms.